The van der Waals surface area contributed by atoms with Gasteiger partial charge >= 0.3 is 5.97 Å². The molecule has 2 aromatic rings. The Hall–Kier alpha value is -4.20. The largest absolute Gasteiger partial charge is 0.464 e. The predicted octanol–water partition coefficient (Wildman–Crippen LogP) is 3.40. The number of rotatable bonds is 7. The summed E-state index contributed by atoms with van der Waals surface area (Å²) in [7, 11) is 1.17. The molecule has 1 aliphatic heterocycles. The molecule has 3 amide bonds. The van der Waals surface area contributed by atoms with Gasteiger partial charge in [-0.3, -0.25) is 19.3 Å². The van der Waals surface area contributed by atoms with Gasteiger partial charge in [-0.15, -0.1) is 0 Å². The Bertz CT molecular complexity index is 1220. The predicted molar refractivity (Wildman–Crippen MR) is 132 cm³/mol. The SMILES string of the molecule is C=C(NC(=O)C(=C)N1Cc2c(cccc2-c2ccc(C(=O)NCC(C)(C)C)cc2)C1=O)C(=O)OC. The van der Waals surface area contributed by atoms with Crippen molar-refractivity contribution in [2.45, 2.75) is 27.3 Å². The molecule has 2 aromatic carbocycles. The second kappa shape index (κ2) is 9.97. The molecule has 0 bridgehead atoms. The smallest absolute Gasteiger partial charge is 0.353 e. The summed E-state index contributed by atoms with van der Waals surface area (Å²) in [6.45, 7) is 14.0. The van der Waals surface area contributed by atoms with Crippen LogP contribution in [0.3, 0.4) is 0 Å². The first-order valence-electron chi connectivity index (χ1n) is 11.0. The molecule has 0 radical (unpaired) electrons. The Morgan fingerprint density at radius 1 is 1.03 bits per heavy atom. The molecule has 3 rings (SSSR count). The summed E-state index contributed by atoms with van der Waals surface area (Å²) >= 11 is 0. The minimum absolute atomic E-state index is 0.0218. The molecular formula is C27H29N3O5. The maximum Gasteiger partial charge on any atom is 0.353 e. The van der Waals surface area contributed by atoms with Crippen LogP contribution in [-0.4, -0.2) is 42.2 Å². The molecule has 0 atom stereocenters. The summed E-state index contributed by atoms with van der Waals surface area (Å²) in [6.07, 6.45) is 0. The van der Waals surface area contributed by atoms with E-state index < -0.39 is 11.9 Å². The summed E-state index contributed by atoms with van der Waals surface area (Å²) in [6, 6.07) is 12.5. The molecule has 1 heterocycles. The second-order valence-corrected chi connectivity index (χ2v) is 9.41. The first-order chi connectivity index (χ1) is 16.4. The average molecular weight is 476 g/mol. The molecule has 8 heteroatoms. The molecule has 35 heavy (non-hydrogen) atoms. The van der Waals surface area contributed by atoms with Crippen LogP contribution in [0.5, 0.6) is 0 Å². The molecular weight excluding hydrogens is 446 g/mol. The summed E-state index contributed by atoms with van der Waals surface area (Å²) in [4.78, 5) is 50.7. The zero-order valence-corrected chi connectivity index (χ0v) is 20.4. The number of carbonyl (C=O) groups excluding carboxylic acids is 4. The molecule has 1 aliphatic rings. The third kappa shape index (κ3) is 5.66. The lowest BCUT2D eigenvalue weighted by molar-refractivity contribution is -0.137. The normalized spacial score (nSPS) is 12.6. The van der Waals surface area contributed by atoms with Crippen molar-refractivity contribution < 1.29 is 23.9 Å². The number of nitrogens with one attached hydrogen (secondary N) is 2. The van der Waals surface area contributed by atoms with E-state index in [9.17, 15) is 19.2 Å². The third-order valence-electron chi connectivity index (χ3n) is 5.49. The van der Waals surface area contributed by atoms with E-state index in [1.54, 1.807) is 24.3 Å². The summed E-state index contributed by atoms with van der Waals surface area (Å²) in [5.74, 6) is -2.04. The van der Waals surface area contributed by atoms with Gasteiger partial charge in [0.2, 0.25) is 0 Å². The van der Waals surface area contributed by atoms with Crippen LogP contribution in [0.2, 0.25) is 0 Å². The molecule has 0 saturated heterocycles. The van der Waals surface area contributed by atoms with Crippen molar-refractivity contribution in [3.63, 3.8) is 0 Å². The number of ether oxygens (including phenoxy) is 1. The van der Waals surface area contributed by atoms with Crippen molar-refractivity contribution in [1.29, 1.82) is 0 Å². The van der Waals surface area contributed by atoms with Gasteiger partial charge in [0, 0.05) is 17.7 Å². The van der Waals surface area contributed by atoms with Gasteiger partial charge in [0.15, 0.2) is 0 Å². The van der Waals surface area contributed by atoms with E-state index in [-0.39, 0.29) is 35.2 Å². The van der Waals surface area contributed by atoms with E-state index in [0.717, 1.165) is 16.7 Å². The third-order valence-corrected chi connectivity index (χ3v) is 5.49. The van der Waals surface area contributed by atoms with Gasteiger partial charge < -0.3 is 15.4 Å². The molecule has 0 unspecified atom stereocenters. The minimum atomic E-state index is -0.792. The first kappa shape index (κ1) is 25.4. The molecule has 182 valence electrons. The van der Waals surface area contributed by atoms with Gasteiger partial charge in [-0.2, -0.15) is 0 Å². The number of benzene rings is 2. The fourth-order valence-corrected chi connectivity index (χ4v) is 3.58. The van der Waals surface area contributed by atoms with Crippen molar-refractivity contribution in [2.24, 2.45) is 5.41 Å². The van der Waals surface area contributed by atoms with Crippen molar-refractivity contribution in [3.05, 3.63) is 83.7 Å². The fraction of sp³-hybridized carbons (Fsp3) is 0.259. The van der Waals surface area contributed by atoms with E-state index >= 15 is 0 Å². The standard InChI is InChI=1S/C27H29N3O5/c1-16(26(34)35-6)29-23(31)17(2)30-14-22-20(8-7-9-21(22)25(30)33)18-10-12-19(13-11-18)24(32)28-15-27(3,4)5/h7-13H,1-2,14-15H2,3-6H3,(H,28,32)(H,29,31). The summed E-state index contributed by atoms with van der Waals surface area (Å²) < 4.78 is 4.52. The Morgan fingerprint density at radius 2 is 1.66 bits per heavy atom. The van der Waals surface area contributed by atoms with Crippen LogP contribution in [0.25, 0.3) is 11.1 Å². The lowest BCUT2D eigenvalue weighted by Gasteiger charge is -2.19. The molecule has 0 fully saturated rings. The van der Waals surface area contributed by atoms with Crippen molar-refractivity contribution in [3.8, 4) is 11.1 Å². The van der Waals surface area contributed by atoms with E-state index in [1.165, 1.54) is 12.0 Å². The second-order valence-electron chi connectivity index (χ2n) is 9.41. The number of carbonyl (C=O) groups is 4. The molecule has 2 N–H and O–H groups in total. The Balaban J connectivity index is 1.79. The number of methoxy groups -OCH3 is 1. The molecule has 0 aromatic heterocycles. The average Bonchev–Trinajstić information content (AvgIpc) is 3.17. The monoisotopic (exact) mass is 475 g/mol. The van der Waals surface area contributed by atoms with Gasteiger partial charge in [0.1, 0.15) is 11.4 Å². The number of fused-ring (bicyclic) bond motifs is 1. The molecule has 0 aliphatic carbocycles. The maximum atomic E-state index is 13.0. The van der Waals surface area contributed by atoms with E-state index in [1.807, 2.05) is 39.0 Å². The fourth-order valence-electron chi connectivity index (χ4n) is 3.58. The lowest BCUT2D eigenvalue weighted by Crippen LogP contribution is -2.36. The Labute approximate surface area is 204 Å². The van der Waals surface area contributed by atoms with Gasteiger partial charge in [0.25, 0.3) is 17.7 Å². The quantitative estimate of drug-likeness (QED) is 0.472. The summed E-state index contributed by atoms with van der Waals surface area (Å²) in [5, 5.41) is 5.22. The highest BCUT2D eigenvalue weighted by molar-refractivity contribution is 6.08. The van der Waals surface area contributed by atoms with Crippen LogP contribution < -0.4 is 10.6 Å². The Morgan fingerprint density at radius 3 is 2.26 bits per heavy atom. The maximum absolute atomic E-state index is 13.0. The summed E-state index contributed by atoms with van der Waals surface area (Å²) in [5.41, 5.74) is 2.98. The van der Waals surface area contributed by atoms with E-state index in [4.69, 9.17) is 0 Å². The van der Waals surface area contributed by atoms with E-state index in [2.05, 4.69) is 28.5 Å². The van der Waals surface area contributed by atoms with Crippen LogP contribution in [0, 0.1) is 5.41 Å². The molecule has 0 saturated carbocycles. The zero-order chi connectivity index (χ0) is 25.9. The van der Waals surface area contributed by atoms with Crippen molar-refractivity contribution >= 4 is 23.7 Å². The highest BCUT2D eigenvalue weighted by Crippen LogP contribution is 2.34. The topological polar surface area (TPSA) is 105 Å². The molecule has 0 spiro atoms. The number of hydrogen-bond donors (Lipinski definition) is 2. The van der Waals surface area contributed by atoms with Crippen LogP contribution >= 0.6 is 0 Å². The van der Waals surface area contributed by atoms with Crippen LogP contribution in [0.15, 0.2) is 67.0 Å². The minimum Gasteiger partial charge on any atom is -0.464 e. The van der Waals surface area contributed by atoms with Crippen LogP contribution in [0.4, 0.5) is 0 Å². The van der Waals surface area contributed by atoms with Crippen LogP contribution in [-0.2, 0) is 20.9 Å². The van der Waals surface area contributed by atoms with Gasteiger partial charge in [-0.25, -0.2) is 4.79 Å². The van der Waals surface area contributed by atoms with E-state index in [0.29, 0.717) is 17.7 Å². The highest BCUT2D eigenvalue weighted by atomic mass is 16.5. The Kier molecular flexibility index (Phi) is 7.24. The number of amides is 3. The number of nitrogens with zero attached hydrogens (tertiary/aromatic N) is 1. The highest BCUT2D eigenvalue weighted by Gasteiger charge is 2.33. The van der Waals surface area contributed by atoms with Gasteiger partial charge in [-0.05, 0) is 40.3 Å². The zero-order valence-electron chi connectivity index (χ0n) is 20.4. The first-order valence-corrected chi connectivity index (χ1v) is 11.0. The van der Waals surface area contributed by atoms with Crippen LogP contribution in [0.1, 0.15) is 47.1 Å². The van der Waals surface area contributed by atoms with Crippen molar-refractivity contribution in [2.75, 3.05) is 13.7 Å². The molecule has 8 nitrogen and oxygen atoms in total. The van der Waals surface area contributed by atoms with Crippen molar-refractivity contribution in [1.82, 2.24) is 15.5 Å². The number of hydrogen-bond acceptors (Lipinski definition) is 5. The van der Waals surface area contributed by atoms with Gasteiger partial charge in [-0.1, -0.05) is 58.2 Å². The lowest BCUT2D eigenvalue weighted by atomic mass is 9.95. The number of esters is 1. The van der Waals surface area contributed by atoms with Gasteiger partial charge in [0.05, 0.1) is 13.7 Å².